The first-order chi connectivity index (χ1) is 12.5. The quantitative estimate of drug-likeness (QED) is 0.400. The number of hydrogen-bond donors (Lipinski definition) is 5. The van der Waals surface area contributed by atoms with E-state index in [2.05, 4.69) is 36.0 Å². The number of nitrogens with zero attached hydrogens (tertiary/aromatic N) is 4. The van der Waals surface area contributed by atoms with Crippen LogP contribution in [-0.2, 0) is 4.79 Å². The zero-order valence-corrected chi connectivity index (χ0v) is 13.9. The van der Waals surface area contributed by atoms with Crippen molar-refractivity contribution in [2.24, 2.45) is 11.5 Å². The summed E-state index contributed by atoms with van der Waals surface area (Å²) in [6.45, 7) is 1.78. The first-order valence-electron chi connectivity index (χ1n) is 7.78. The number of hydrogen-bond acceptors (Lipinski definition) is 8. The topological polar surface area (TPSA) is 178 Å². The van der Waals surface area contributed by atoms with Gasteiger partial charge in [0.2, 0.25) is 11.9 Å². The highest BCUT2D eigenvalue weighted by atomic mass is 16.1. The number of amides is 2. The van der Waals surface area contributed by atoms with E-state index in [0.29, 0.717) is 12.1 Å². The van der Waals surface area contributed by atoms with Gasteiger partial charge >= 0.3 is 0 Å². The van der Waals surface area contributed by atoms with Crippen LogP contribution in [0.5, 0.6) is 0 Å². The molecule has 7 N–H and O–H groups in total. The smallest absolute Gasteiger partial charge is 0.273 e. The Hall–Kier alpha value is -3.76. The highest BCUT2D eigenvalue weighted by molar-refractivity contribution is 5.96. The fraction of sp³-hybridized carbons (Fsp3) is 0.200. The van der Waals surface area contributed by atoms with Gasteiger partial charge < -0.3 is 22.1 Å². The van der Waals surface area contributed by atoms with Crippen LogP contribution in [0.2, 0.25) is 0 Å². The summed E-state index contributed by atoms with van der Waals surface area (Å²) in [4.78, 5) is 27.2. The Morgan fingerprint density at radius 3 is 2.77 bits per heavy atom. The van der Waals surface area contributed by atoms with Crippen molar-refractivity contribution in [2.75, 3.05) is 10.6 Å². The molecule has 3 rings (SSSR count). The molecule has 2 aromatic heterocycles. The number of rotatable bonds is 7. The highest BCUT2D eigenvalue weighted by Gasteiger charge is 2.18. The van der Waals surface area contributed by atoms with E-state index in [0.717, 1.165) is 10.9 Å². The molecule has 0 spiro atoms. The summed E-state index contributed by atoms with van der Waals surface area (Å²) < 4.78 is 0. The van der Waals surface area contributed by atoms with Crippen LogP contribution in [0.3, 0.4) is 0 Å². The minimum atomic E-state index is -0.788. The van der Waals surface area contributed by atoms with Crippen LogP contribution in [0.1, 0.15) is 23.8 Å². The first-order valence-corrected chi connectivity index (χ1v) is 7.78. The van der Waals surface area contributed by atoms with Crippen LogP contribution >= 0.6 is 0 Å². The van der Waals surface area contributed by atoms with Gasteiger partial charge in [0.15, 0.2) is 11.5 Å². The number of anilines is 3. The Balaban J connectivity index is 1.93. The van der Waals surface area contributed by atoms with Crippen LogP contribution in [0, 0.1) is 0 Å². The maximum atomic E-state index is 11.6. The maximum Gasteiger partial charge on any atom is 0.273 e. The highest BCUT2D eigenvalue weighted by Crippen LogP contribution is 2.22. The van der Waals surface area contributed by atoms with Gasteiger partial charge in [-0.2, -0.15) is 10.1 Å². The molecule has 2 amide bonds. The predicted octanol–water partition coefficient (Wildman–Crippen LogP) is 0.266. The second-order valence-electron chi connectivity index (χ2n) is 5.50. The van der Waals surface area contributed by atoms with Crippen LogP contribution < -0.4 is 22.1 Å². The maximum absolute atomic E-state index is 11.6. The fourth-order valence-electron chi connectivity index (χ4n) is 2.32. The van der Waals surface area contributed by atoms with Crippen molar-refractivity contribution in [3.63, 3.8) is 0 Å². The minimum Gasteiger partial charge on any atom is -0.368 e. The molecule has 0 saturated heterocycles. The molecule has 26 heavy (non-hydrogen) atoms. The van der Waals surface area contributed by atoms with Crippen LogP contribution in [-0.4, -0.2) is 43.2 Å². The van der Waals surface area contributed by atoms with Crippen molar-refractivity contribution in [3.8, 4) is 0 Å². The van der Waals surface area contributed by atoms with Gasteiger partial charge in [0.25, 0.3) is 5.91 Å². The number of fused-ring (bicyclic) bond motifs is 1. The molecule has 11 nitrogen and oxygen atoms in total. The van der Waals surface area contributed by atoms with Gasteiger partial charge in [-0.15, -0.1) is 10.2 Å². The van der Waals surface area contributed by atoms with Crippen LogP contribution in [0.25, 0.3) is 10.9 Å². The van der Waals surface area contributed by atoms with Crippen molar-refractivity contribution in [2.45, 2.75) is 19.4 Å². The normalized spacial score (nSPS) is 11.9. The lowest BCUT2D eigenvalue weighted by Gasteiger charge is -2.14. The van der Waals surface area contributed by atoms with Gasteiger partial charge in [0, 0.05) is 11.1 Å². The first kappa shape index (κ1) is 17.1. The second kappa shape index (κ2) is 7.01. The van der Waals surface area contributed by atoms with Gasteiger partial charge in [0.05, 0.1) is 11.7 Å². The summed E-state index contributed by atoms with van der Waals surface area (Å²) in [6.07, 6.45) is 2.13. The number of primary amides is 2. The lowest BCUT2D eigenvalue weighted by atomic mass is 10.2. The molecule has 1 atom stereocenters. The zero-order valence-electron chi connectivity index (χ0n) is 13.9. The Morgan fingerprint density at radius 1 is 1.27 bits per heavy atom. The third kappa shape index (κ3) is 3.50. The van der Waals surface area contributed by atoms with E-state index in [-0.39, 0.29) is 17.5 Å². The third-order valence-electron chi connectivity index (χ3n) is 3.68. The minimum absolute atomic E-state index is 0.0470. The van der Waals surface area contributed by atoms with E-state index in [1.165, 1.54) is 0 Å². The predicted molar refractivity (Wildman–Crippen MR) is 94.6 cm³/mol. The molecule has 0 radical (unpaired) electrons. The number of carbonyl (C=O) groups is 2. The molecule has 11 heteroatoms. The van der Waals surface area contributed by atoms with E-state index in [1.807, 2.05) is 6.07 Å². The van der Waals surface area contributed by atoms with Gasteiger partial charge in [-0.05, 0) is 24.6 Å². The molecule has 0 aliphatic rings. The standard InChI is InChI=1S/C15H17N9O2/c1-2-9(12(16)25)20-15-21-14(11(13(17)26)23-24-15)19-8-4-3-7-6-18-22-10(7)5-8/h3-6,9H,2H2,1H3,(H2,16,25)(H2,17,26)(H,18,22)(H2,19,20,21,24)/t9-/m1/s1. The molecule has 0 aliphatic carbocycles. The molecule has 0 aliphatic heterocycles. The molecular formula is C15H17N9O2. The SMILES string of the molecule is CC[C@@H](Nc1nnc(C(N)=O)c(Nc2ccc3cn[nH]c3c2)n1)C(N)=O. The van der Waals surface area contributed by atoms with E-state index in [9.17, 15) is 9.59 Å². The number of nitrogens with two attached hydrogens (primary N) is 2. The molecule has 0 saturated carbocycles. The van der Waals surface area contributed by atoms with Gasteiger partial charge in [-0.25, -0.2) is 0 Å². The molecule has 0 bridgehead atoms. The number of aromatic nitrogens is 5. The van der Waals surface area contributed by atoms with Gasteiger partial charge in [0.1, 0.15) is 6.04 Å². The van der Waals surface area contributed by atoms with E-state index in [1.54, 1.807) is 25.3 Å². The monoisotopic (exact) mass is 355 g/mol. The molecular weight excluding hydrogens is 338 g/mol. The number of H-pyrrole nitrogens is 1. The van der Waals surface area contributed by atoms with E-state index in [4.69, 9.17) is 11.5 Å². The fourth-order valence-corrected chi connectivity index (χ4v) is 2.32. The van der Waals surface area contributed by atoms with Crippen molar-refractivity contribution < 1.29 is 9.59 Å². The van der Waals surface area contributed by atoms with Crippen molar-refractivity contribution in [1.82, 2.24) is 25.4 Å². The average molecular weight is 355 g/mol. The summed E-state index contributed by atoms with van der Waals surface area (Å²) in [5.74, 6) is -1.18. The molecule has 134 valence electrons. The van der Waals surface area contributed by atoms with Crippen molar-refractivity contribution in [1.29, 1.82) is 0 Å². The summed E-state index contributed by atoms with van der Waals surface area (Å²) >= 11 is 0. The molecule has 1 aromatic carbocycles. The Labute approximate surface area is 147 Å². The molecule has 0 fully saturated rings. The Kier molecular flexibility index (Phi) is 4.60. The van der Waals surface area contributed by atoms with Gasteiger partial charge in [-0.3, -0.25) is 14.7 Å². The van der Waals surface area contributed by atoms with E-state index < -0.39 is 17.9 Å². The lowest BCUT2D eigenvalue weighted by Crippen LogP contribution is -2.35. The summed E-state index contributed by atoms with van der Waals surface area (Å²) in [5, 5.41) is 21.1. The van der Waals surface area contributed by atoms with Crippen LogP contribution in [0.4, 0.5) is 17.5 Å². The number of nitrogens with one attached hydrogen (secondary N) is 3. The molecule has 0 unspecified atom stereocenters. The Morgan fingerprint density at radius 2 is 2.08 bits per heavy atom. The van der Waals surface area contributed by atoms with Crippen molar-refractivity contribution >= 4 is 40.2 Å². The average Bonchev–Trinajstić information content (AvgIpc) is 3.07. The number of benzene rings is 1. The third-order valence-corrected chi connectivity index (χ3v) is 3.68. The van der Waals surface area contributed by atoms with Crippen molar-refractivity contribution in [3.05, 3.63) is 30.1 Å². The Bertz CT molecular complexity index is 969. The number of carbonyl (C=O) groups excluding carboxylic acids is 2. The second-order valence-corrected chi connectivity index (χ2v) is 5.50. The summed E-state index contributed by atoms with van der Waals surface area (Å²) in [6, 6.07) is 4.76. The molecule has 3 aromatic rings. The largest absolute Gasteiger partial charge is 0.368 e. The van der Waals surface area contributed by atoms with E-state index >= 15 is 0 Å². The summed E-state index contributed by atoms with van der Waals surface area (Å²) in [5.41, 5.74) is 11.9. The number of aromatic amines is 1. The molecule has 2 heterocycles. The summed E-state index contributed by atoms with van der Waals surface area (Å²) in [7, 11) is 0. The van der Waals surface area contributed by atoms with Gasteiger partial charge in [-0.1, -0.05) is 6.92 Å². The van der Waals surface area contributed by atoms with Crippen LogP contribution in [0.15, 0.2) is 24.4 Å². The lowest BCUT2D eigenvalue weighted by molar-refractivity contribution is -0.118. The zero-order chi connectivity index (χ0) is 18.7.